The highest BCUT2D eigenvalue weighted by Gasteiger charge is 2.26. The summed E-state index contributed by atoms with van der Waals surface area (Å²) in [5.41, 5.74) is 6.70. The Morgan fingerprint density at radius 2 is 2.07 bits per heavy atom. The zero-order valence-electron chi connectivity index (χ0n) is 9.29. The number of nitrogens with two attached hydrogens (primary N) is 1. The van der Waals surface area contributed by atoms with Crippen molar-refractivity contribution in [3.8, 4) is 0 Å². The van der Waals surface area contributed by atoms with Crippen LogP contribution in [0.25, 0.3) is 0 Å². The van der Waals surface area contributed by atoms with Crippen molar-refractivity contribution < 1.29 is 0 Å². The van der Waals surface area contributed by atoms with Crippen LogP contribution in [0, 0.1) is 0 Å². The molecule has 0 radical (unpaired) electrons. The van der Waals surface area contributed by atoms with Crippen molar-refractivity contribution in [3.63, 3.8) is 0 Å². The quantitative estimate of drug-likeness (QED) is 0.780. The maximum absolute atomic E-state index is 5.73. The number of hydrogen-bond donors (Lipinski definition) is 2. The monoisotopic (exact) mass is 205 g/mol. The lowest BCUT2D eigenvalue weighted by Crippen LogP contribution is -2.37. The number of anilines is 2. The number of pyridine rings is 1. The molecule has 0 aliphatic heterocycles. The van der Waals surface area contributed by atoms with Crippen molar-refractivity contribution in [1.82, 2.24) is 4.98 Å². The maximum atomic E-state index is 5.73. The predicted octanol–water partition coefficient (Wildman–Crippen LogP) is 2.80. The van der Waals surface area contributed by atoms with E-state index in [1.807, 2.05) is 12.1 Å². The molecule has 0 saturated heterocycles. The fourth-order valence-electron chi connectivity index (χ4n) is 2.28. The molecule has 1 aromatic heterocycles. The molecule has 0 amide bonds. The summed E-state index contributed by atoms with van der Waals surface area (Å²) in [4.78, 5) is 4.29. The van der Waals surface area contributed by atoms with Crippen LogP contribution in [0.5, 0.6) is 0 Å². The molecule has 1 heterocycles. The van der Waals surface area contributed by atoms with Gasteiger partial charge in [-0.3, -0.25) is 0 Å². The van der Waals surface area contributed by atoms with E-state index in [0.717, 1.165) is 11.5 Å². The molecule has 3 nitrogen and oxygen atoms in total. The van der Waals surface area contributed by atoms with E-state index in [1.165, 1.54) is 32.1 Å². The number of aromatic nitrogens is 1. The van der Waals surface area contributed by atoms with Crippen molar-refractivity contribution in [3.05, 3.63) is 18.3 Å². The summed E-state index contributed by atoms with van der Waals surface area (Å²) in [5.74, 6) is 0.902. The minimum atomic E-state index is 0.207. The minimum Gasteiger partial charge on any atom is -0.399 e. The number of nitrogen functional groups attached to an aromatic ring is 1. The standard InChI is InChI=1S/C12H19N3/c1-12(6-3-2-4-7-12)15-11-9-10(13)5-8-14-11/h5,8-9H,2-4,6-7H2,1H3,(H3,13,14,15). The third-order valence-electron chi connectivity index (χ3n) is 3.17. The third-order valence-corrected chi connectivity index (χ3v) is 3.17. The molecule has 0 aromatic carbocycles. The Morgan fingerprint density at radius 3 is 2.73 bits per heavy atom. The first-order valence-corrected chi connectivity index (χ1v) is 5.68. The van der Waals surface area contributed by atoms with Crippen LogP contribution in [0.15, 0.2) is 18.3 Å². The van der Waals surface area contributed by atoms with Gasteiger partial charge in [-0.1, -0.05) is 19.3 Å². The van der Waals surface area contributed by atoms with Gasteiger partial charge >= 0.3 is 0 Å². The van der Waals surface area contributed by atoms with E-state index in [-0.39, 0.29) is 5.54 Å². The van der Waals surface area contributed by atoms with E-state index in [2.05, 4.69) is 17.2 Å². The van der Waals surface area contributed by atoms with Gasteiger partial charge in [-0.25, -0.2) is 4.98 Å². The summed E-state index contributed by atoms with van der Waals surface area (Å²) >= 11 is 0. The second-order valence-corrected chi connectivity index (χ2v) is 4.72. The molecule has 1 aliphatic rings. The smallest absolute Gasteiger partial charge is 0.128 e. The Bertz CT molecular complexity index is 329. The zero-order chi connectivity index (χ0) is 10.7. The van der Waals surface area contributed by atoms with Gasteiger partial charge < -0.3 is 11.1 Å². The van der Waals surface area contributed by atoms with E-state index in [1.54, 1.807) is 6.20 Å². The molecule has 15 heavy (non-hydrogen) atoms. The van der Waals surface area contributed by atoms with E-state index < -0.39 is 0 Å². The van der Waals surface area contributed by atoms with E-state index in [9.17, 15) is 0 Å². The van der Waals surface area contributed by atoms with E-state index in [4.69, 9.17) is 5.73 Å². The molecule has 2 rings (SSSR count). The highest BCUT2D eigenvalue weighted by atomic mass is 15.0. The van der Waals surface area contributed by atoms with E-state index in [0.29, 0.717) is 0 Å². The number of rotatable bonds is 2. The van der Waals surface area contributed by atoms with Crippen LogP contribution in [-0.4, -0.2) is 10.5 Å². The number of hydrogen-bond acceptors (Lipinski definition) is 3. The Balaban J connectivity index is 2.06. The maximum Gasteiger partial charge on any atom is 0.128 e. The molecule has 1 aliphatic carbocycles. The van der Waals surface area contributed by atoms with Crippen LogP contribution in [0.4, 0.5) is 11.5 Å². The van der Waals surface area contributed by atoms with Gasteiger partial charge in [-0.15, -0.1) is 0 Å². The fourth-order valence-corrected chi connectivity index (χ4v) is 2.28. The number of nitrogens with one attached hydrogen (secondary N) is 1. The van der Waals surface area contributed by atoms with Crippen molar-refractivity contribution in [2.75, 3.05) is 11.1 Å². The Morgan fingerprint density at radius 1 is 1.33 bits per heavy atom. The van der Waals surface area contributed by atoms with Crippen LogP contribution >= 0.6 is 0 Å². The van der Waals surface area contributed by atoms with Gasteiger partial charge in [-0.2, -0.15) is 0 Å². The third kappa shape index (κ3) is 2.61. The molecule has 82 valence electrons. The number of nitrogens with zero attached hydrogens (tertiary/aromatic N) is 1. The topological polar surface area (TPSA) is 50.9 Å². The van der Waals surface area contributed by atoms with Crippen molar-refractivity contribution in [2.24, 2.45) is 0 Å². The highest BCUT2D eigenvalue weighted by Crippen LogP contribution is 2.30. The summed E-state index contributed by atoms with van der Waals surface area (Å²) in [6.45, 7) is 2.27. The van der Waals surface area contributed by atoms with Crippen LogP contribution in [0.3, 0.4) is 0 Å². The summed E-state index contributed by atoms with van der Waals surface area (Å²) in [6.07, 6.45) is 8.19. The first kappa shape index (κ1) is 10.3. The van der Waals surface area contributed by atoms with Crippen LogP contribution < -0.4 is 11.1 Å². The summed E-state index contributed by atoms with van der Waals surface area (Å²) < 4.78 is 0. The molecular weight excluding hydrogens is 186 g/mol. The molecule has 0 unspecified atom stereocenters. The van der Waals surface area contributed by atoms with Gasteiger partial charge in [0.15, 0.2) is 0 Å². The van der Waals surface area contributed by atoms with Gasteiger partial charge in [-0.05, 0) is 25.8 Å². The molecule has 0 spiro atoms. The normalized spacial score (nSPS) is 19.8. The molecule has 0 bridgehead atoms. The fraction of sp³-hybridized carbons (Fsp3) is 0.583. The average Bonchev–Trinajstić information content (AvgIpc) is 2.18. The molecule has 3 N–H and O–H groups in total. The van der Waals surface area contributed by atoms with Crippen LogP contribution in [0.1, 0.15) is 39.0 Å². The largest absolute Gasteiger partial charge is 0.399 e. The summed E-state index contributed by atoms with van der Waals surface area (Å²) in [5, 5.41) is 3.51. The summed E-state index contributed by atoms with van der Waals surface area (Å²) in [7, 11) is 0. The molecule has 3 heteroatoms. The Labute approximate surface area is 91.1 Å². The van der Waals surface area contributed by atoms with Crippen molar-refractivity contribution >= 4 is 11.5 Å². The minimum absolute atomic E-state index is 0.207. The average molecular weight is 205 g/mol. The van der Waals surface area contributed by atoms with Crippen molar-refractivity contribution in [2.45, 2.75) is 44.6 Å². The van der Waals surface area contributed by atoms with Gasteiger partial charge in [0.05, 0.1) is 0 Å². The first-order valence-electron chi connectivity index (χ1n) is 5.68. The highest BCUT2D eigenvalue weighted by molar-refractivity contribution is 5.49. The SMILES string of the molecule is CC1(Nc2cc(N)ccn2)CCCCC1. The van der Waals surface area contributed by atoms with Gasteiger partial charge in [0.1, 0.15) is 5.82 Å². The first-order chi connectivity index (χ1) is 7.18. The molecular formula is C12H19N3. The van der Waals surface area contributed by atoms with Crippen LogP contribution in [-0.2, 0) is 0 Å². The Hall–Kier alpha value is -1.25. The van der Waals surface area contributed by atoms with Gasteiger partial charge in [0, 0.05) is 23.5 Å². The Kier molecular flexibility index (Phi) is 2.80. The molecule has 1 aromatic rings. The van der Waals surface area contributed by atoms with Crippen molar-refractivity contribution in [1.29, 1.82) is 0 Å². The van der Waals surface area contributed by atoms with Gasteiger partial charge in [0.25, 0.3) is 0 Å². The molecule has 1 saturated carbocycles. The van der Waals surface area contributed by atoms with E-state index >= 15 is 0 Å². The lowest BCUT2D eigenvalue weighted by molar-refractivity contribution is 0.348. The second kappa shape index (κ2) is 4.09. The lowest BCUT2D eigenvalue weighted by Gasteiger charge is -2.35. The predicted molar refractivity (Wildman–Crippen MR) is 63.8 cm³/mol. The zero-order valence-corrected chi connectivity index (χ0v) is 9.29. The second-order valence-electron chi connectivity index (χ2n) is 4.72. The van der Waals surface area contributed by atoms with Crippen LogP contribution in [0.2, 0.25) is 0 Å². The summed E-state index contributed by atoms with van der Waals surface area (Å²) in [6, 6.07) is 3.72. The molecule has 0 atom stereocenters. The van der Waals surface area contributed by atoms with Gasteiger partial charge in [0.2, 0.25) is 0 Å². The molecule has 1 fully saturated rings. The lowest BCUT2D eigenvalue weighted by atomic mass is 9.83.